The molecule has 5 atom stereocenters. The highest BCUT2D eigenvalue weighted by Gasteiger charge is 2.55. The van der Waals surface area contributed by atoms with Crippen molar-refractivity contribution in [3.63, 3.8) is 0 Å². The number of rotatable bonds is 2. The molecule has 1 saturated heterocycles. The zero-order chi connectivity index (χ0) is 13.5. The first-order chi connectivity index (χ1) is 8.34. The van der Waals surface area contributed by atoms with E-state index in [1.807, 2.05) is 0 Å². The normalized spacial score (nSPS) is 42.4. The van der Waals surface area contributed by atoms with Crippen LogP contribution >= 0.6 is 0 Å². The Balaban J connectivity index is 2.19. The van der Waals surface area contributed by atoms with Gasteiger partial charge in [0.25, 0.3) is 0 Å². The van der Waals surface area contributed by atoms with Crippen LogP contribution in [0.2, 0.25) is 0 Å². The van der Waals surface area contributed by atoms with Crippen LogP contribution in [0.15, 0.2) is 0 Å². The van der Waals surface area contributed by atoms with Gasteiger partial charge in [-0.15, -0.1) is 0 Å². The summed E-state index contributed by atoms with van der Waals surface area (Å²) in [6, 6.07) is 0. The highest BCUT2D eigenvalue weighted by Crippen LogP contribution is 2.39. The molecule has 18 heavy (non-hydrogen) atoms. The molecule has 1 saturated carbocycles. The number of fused-ring (bicyclic) bond motifs is 1. The third-order valence-electron chi connectivity index (χ3n) is 3.33. The number of methoxy groups -OCH3 is 1. The van der Waals surface area contributed by atoms with Gasteiger partial charge in [0.1, 0.15) is 24.4 Å². The van der Waals surface area contributed by atoms with Crippen molar-refractivity contribution in [2.75, 3.05) is 7.11 Å². The van der Waals surface area contributed by atoms with Gasteiger partial charge in [-0.3, -0.25) is 4.79 Å². The first-order valence-corrected chi connectivity index (χ1v) is 6.08. The number of aliphatic hydroxyl groups excluding tert-OH is 1. The molecule has 2 aliphatic rings. The molecular formula is C12H20O6. The molecule has 1 heterocycles. The largest absolute Gasteiger partial charge is 0.460 e. The highest BCUT2D eigenvalue weighted by atomic mass is 16.8. The molecule has 0 bridgehead atoms. The number of aliphatic hydroxyl groups is 1. The van der Waals surface area contributed by atoms with Gasteiger partial charge in [0.05, 0.1) is 6.10 Å². The van der Waals surface area contributed by atoms with Gasteiger partial charge in [-0.05, 0) is 13.8 Å². The van der Waals surface area contributed by atoms with Gasteiger partial charge < -0.3 is 24.1 Å². The molecule has 0 spiro atoms. The molecule has 2 rings (SSSR count). The Kier molecular flexibility index (Phi) is 3.64. The Hall–Kier alpha value is -0.690. The van der Waals surface area contributed by atoms with Crippen LogP contribution in [0.4, 0.5) is 0 Å². The number of carbonyl (C=O) groups is 1. The van der Waals surface area contributed by atoms with E-state index in [4.69, 9.17) is 18.9 Å². The van der Waals surface area contributed by atoms with E-state index in [0.29, 0.717) is 6.42 Å². The van der Waals surface area contributed by atoms with Crippen molar-refractivity contribution in [3.8, 4) is 0 Å². The minimum Gasteiger partial charge on any atom is -0.460 e. The lowest BCUT2D eigenvalue weighted by molar-refractivity contribution is -0.175. The van der Waals surface area contributed by atoms with Gasteiger partial charge in [-0.25, -0.2) is 0 Å². The lowest BCUT2D eigenvalue weighted by Crippen LogP contribution is -2.56. The van der Waals surface area contributed by atoms with Crippen LogP contribution in [0.3, 0.4) is 0 Å². The fourth-order valence-corrected chi connectivity index (χ4v) is 2.65. The summed E-state index contributed by atoms with van der Waals surface area (Å²) in [5.74, 6) is -1.17. The zero-order valence-corrected chi connectivity index (χ0v) is 11.1. The average Bonchev–Trinajstić information content (AvgIpc) is 2.58. The number of esters is 1. The lowest BCUT2D eigenvalue weighted by Gasteiger charge is -2.38. The molecule has 1 aliphatic carbocycles. The van der Waals surface area contributed by atoms with E-state index in [-0.39, 0.29) is 5.97 Å². The lowest BCUT2D eigenvalue weighted by atomic mass is 9.87. The molecule has 6 nitrogen and oxygen atoms in total. The smallest absolute Gasteiger partial charge is 0.302 e. The third kappa shape index (κ3) is 2.51. The molecule has 0 aromatic heterocycles. The zero-order valence-electron chi connectivity index (χ0n) is 11.1. The Morgan fingerprint density at radius 2 is 1.89 bits per heavy atom. The first kappa shape index (κ1) is 13.7. The average molecular weight is 260 g/mol. The van der Waals surface area contributed by atoms with Gasteiger partial charge in [0.15, 0.2) is 5.79 Å². The molecule has 0 unspecified atom stereocenters. The summed E-state index contributed by atoms with van der Waals surface area (Å²) in [7, 11) is 1.51. The van der Waals surface area contributed by atoms with Crippen LogP contribution in [0.1, 0.15) is 27.2 Å². The second-order valence-electron chi connectivity index (χ2n) is 5.21. The van der Waals surface area contributed by atoms with E-state index < -0.39 is 36.3 Å². The number of hydrogen-bond donors (Lipinski definition) is 1. The molecular weight excluding hydrogens is 240 g/mol. The van der Waals surface area contributed by atoms with Crippen LogP contribution < -0.4 is 0 Å². The van der Waals surface area contributed by atoms with Crippen molar-refractivity contribution in [3.05, 3.63) is 0 Å². The van der Waals surface area contributed by atoms with Gasteiger partial charge in [-0.2, -0.15) is 0 Å². The molecule has 0 aromatic carbocycles. The molecule has 0 amide bonds. The first-order valence-electron chi connectivity index (χ1n) is 6.08. The van der Waals surface area contributed by atoms with Crippen LogP contribution in [-0.4, -0.2) is 54.5 Å². The number of ether oxygens (including phenoxy) is 4. The van der Waals surface area contributed by atoms with E-state index in [0.717, 1.165) is 0 Å². The van der Waals surface area contributed by atoms with Crippen LogP contribution in [0, 0.1) is 0 Å². The summed E-state index contributed by atoms with van der Waals surface area (Å²) in [6.07, 6.45) is -2.25. The van der Waals surface area contributed by atoms with Gasteiger partial charge in [0.2, 0.25) is 0 Å². The van der Waals surface area contributed by atoms with Crippen molar-refractivity contribution < 1.29 is 28.8 Å². The predicted octanol–water partition coefficient (Wildman–Crippen LogP) is 0.218. The molecule has 1 N–H and O–H groups in total. The summed E-state index contributed by atoms with van der Waals surface area (Å²) in [5, 5.41) is 10.2. The van der Waals surface area contributed by atoms with Crippen molar-refractivity contribution in [2.45, 2.75) is 63.5 Å². The fourth-order valence-electron chi connectivity index (χ4n) is 2.65. The second-order valence-corrected chi connectivity index (χ2v) is 5.21. The predicted molar refractivity (Wildman–Crippen MR) is 60.8 cm³/mol. The van der Waals surface area contributed by atoms with Gasteiger partial charge in [0, 0.05) is 20.5 Å². The Morgan fingerprint density at radius 1 is 1.28 bits per heavy atom. The second kappa shape index (κ2) is 4.77. The van der Waals surface area contributed by atoms with E-state index in [1.54, 1.807) is 13.8 Å². The molecule has 104 valence electrons. The maximum atomic E-state index is 11.1. The Bertz CT molecular complexity index is 329. The van der Waals surface area contributed by atoms with E-state index in [2.05, 4.69) is 0 Å². The standard InChI is InChI=1S/C12H20O6/c1-6(13)16-8-5-7(15-4)9(14)11-10(8)17-12(2,3)18-11/h7-11,14H,5H2,1-4H3/t7-,8+,9-,10-,11+/m0/s1. The Labute approximate surface area is 106 Å². The molecule has 2 fully saturated rings. The molecule has 0 aromatic rings. The summed E-state index contributed by atoms with van der Waals surface area (Å²) < 4.78 is 21.8. The molecule has 0 radical (unpaired) electrons. The van der Waals surface area contributed by atoms with Crippen molar-refractivity contribution >= 4 is 5.97 Å². The summed E-state index contributed by atoms with van der Waals surface area (Å²) in [4.78, 5) is 11.1. The topological polar surface area (TPSA) is 74.2 Å². The van der Waals surface area contributed by atoms with Crippen molar-refractivity contribution in [1.82, 2.24) is 0 Å². The van der Waals surface area contributed by atoms with Crippen LogP contribution in [0.5, 0.6) is 0 Å². The van der Waals surface area contributed by atoms with Crippen molar-refractivity contribution in [1.29, 1.82) is 0 Å². The minimum atomic E-state index is -0.794. The van der Waals surface area contributed by atoms with Crippen LogP contribution in [0.25, 0.3) is 0 Å². The van der Waals surface area contributed by atoms with Gasteiger partial charge >= 0.3 is 5.97 Å². The minimum absolute atomic E-state index is 0.377. The maximum Gasteiger partial charge on any atom is 0.302 e. The molecule has 6 heteroatoms. The maximum absolute atomic E-state index is 11.1. The summed E-state index contributed by atoms with van der Waals surface area (Å²) in [5.41, 5.74) is 0. The van der Waals surface area contributed by atoms with E-state index in [1.165, 1.54) is 14.0 Å². The van der Waals surface area contributed by atoms with E-state index in [9.17, 15) is 9.90 Å². The highest BCUT2D eigenvalue weighted by molar-refractivity contribution is 5.66. The van der Waals surface area contributed by atoms with Crippen molar-refractivity contribution in [2.24, 2.45) is 0 Å². The van der Waals surface area contributed by atoms with Gasteiger partial charge in [-0.1, -0.05) is 0 Å². The van der Waals surface area contributed by atoms with Crippen LogP contribution in [-0.2, 0) is 23.7 Å². The summed E-state index contributed by atoms with van der Waals surface area (Å²) in [6.45, 7) is 4.89. The fraction of sp³-hybridized carbons (Fsp3) is 0.917. The SMILES string of the molecule is CO[C@H]1C[C@@H](OC(C)=O)[C@@H]2OC(C)(C)O[C@@H]2[C@H]1O. The monoisotopic (exact) mass is 260 g/mol. The quantitative estimate of drug-likeness (QED) is 0.716. The van der Waals surface area contributed by atoms with E-state index >= 15 is 0 Å². The Morgan fingerprint density at radius 3 is 2.44 bits per heavy atom. The molecule has 1 aliphatic heterocycles. The third-order valence-corrected chi connectivity index (χ3v) is 3.33. The summed E-state index contributed by atoms with van der Waals surface area (Å²) >= 11 is 0. The number of carbonyl (C=O) groups excluding carboxylic acids is 1. The number of hydrogen-bond acceptors (Lipinski definition) is 6.